The van der Waals surface area contributed by atoms with E-state index in [1.165, 1.54) is 0 Å². The number of pyridine rings is 2. The lowest BCUT2D eigenvalue weighted by molar-refractivity contribution is 0.102. The third-order valence-corrected chi connectivity index (χ3v) is 1.95. The molecule has 0 aromatic carbocycles. The summed E-state index contributed by atoms with van der Waals surface area (Å²) < 4.78 is 5.48. The van der Waals surface area contributed by atoms with E-state index in [4.69, 9.17) is 4.74 Å². The summed E-state index contributed by atoms with van der Waals surface area (Å²) in [5, 5.41) is 0. The van der Waals surface area contributed by atoms with Crippen molar-refractivity contribution in [1.29, 1.82) is 0 Å². The van der Waals surface area contributed by atoms with Gasteiger partial charge < -0.3 is 4.74 Å². The second-order valence-corrected chi connectivity index (χ2v) is 3.13. The zero-order chi connectivity index (χ0) is 10.3. The monoisotopic (exact) mass is 200 g/mol. The predicted octanol–water partition coefficient (Wildman–Crippen LogP) is 2.19. The van der Waals surface area contributed by atoms with Gasteiger partial charge in [0, 0.05) is 12.4 Å². The average Bonchev–Trinajstić information content (AvgIpc) is 2.32. The van der Waals surface area contributed by atoms with Gasteiger partial charge in [-0.3, -0.25) is 9.97 Å². The third-order valence-electron chi connectivity index (χ3n) is 1.95. The fraction of sp³-hybridized carbons (Fsp3) is 0.167. The Balaban J connectivity index is 1.81. The van der Waals surface area contributed by atoms with Crippen LogP contribution in [0.15, 0.2) is 48.8 Å². The van der Waals surface area contributed by atoms with Gasteiger partial charge in [-0.1, -0.05) is 12.1 Å². The Morgan fingerprint density at radius 2 is 1.33 bits per heavy atom. The van der Waals surface area contributed by atoms with Crippen LogP contribution in [0.5, 0.6) is 0 Å². The molecule has 0 aliphatic heterocycles. The molecule has 3 heteroatoms. The summed E-state index contributed by atoms with van der Waals surface area (Å²) in [5.41, 5.74) is 1.88. The van der Waals surface area contributed by atoms with E-state index >= 15 is 0 Å². The maximum Gasteiger partial charge on any atom is 0.0893 e. The molecule has 0 bridgehead atoms. The van der Waals surface area contributed by atoms with Crippen molar-refractivity contribution in [2.24, 2.45) is 0 Å². The molecule has 0 unspecified atom stereocenters. The van der Waals surface area contributed by atoms with Crippen LogP contribution in [-0.2, 0) is 18.0 Å². The van der Waals surface area contributed by atoms with Crippen LogP contribution < -0.4 is 0 Å². The first-order chi connectivity index (χ1) is 7.45. The Morgan fingerprint density at radius 3 is 1.73 bits per heavy atom. The Kier molecular flexibility index (Phi) is 3.41. The largest absolute Gasteiger partial charge is 0.369 e. The SMILES string of the molecule is c1ccc(COCc2ccccn2)nc1. The number of hydrogen-bond donors (Lipinski definition) is 0. The van der Waals surface area contributed by atoms with E-state index in [-0.39, 0.29) is 0 Å². The Labute approximate surface area is 88.8 Å². The van der Waals surface area contributed by atoms with Gasteiger partial charge >= 0.3 is 0 Å². The highest BCUT2D eigenvalue weighted by molar-refractivity contribution is 5.03. The lowest BCUT2D eigenvalue weighted by atomic mass is 10.3. The molecule has 3 nitrogen and oxygen atoms in total. The van der Waals surface area contributed by atoms with E-state index in [2.05, 4.69) is 9.97 Å². The number of rotatable bonds is 4. The minimum atomic E-state index is 0.525. The summed E-state index contributed by atoms with van der Waals surface area (Å²) >= 11 is 0. The summed E-state index contributed by atoms with van der Waals surface area (Å²) in [6.45, 7) is 1.05. The van der Waals surface area contributed by atoms with Crippen molar-refractivity contribution >= 4 is 0 Å². The van der Waals surface area contributed by atoms with Gasteiger partial charge in [0.1, 0.15) is 0 Å². The topological polar surface area (TPSA) is 35.0 Å². The molecule has 0 saturated heterocycles. The molecule has 0 N–H and O–H groups in total. The van der Waals surface area contributed by atoms with Gasteiger partial charge in [0.2, 0.25) is 0 Å². The molecule has 0 aliphatic carbocycles. The molecular weight excluding hydrogens is 188 g/mol. The summed E-state index contributed by atoms with van der Waals surface area (Å²) in [6.07, 6.45) is 3.53. The molecule has 2 rings (SSSR count). The minimum Gasteiger partial charge on any atom is -0.369 e. The van der Waals surface area contributed by atoms with Crippen LogP contribution in [0.2, 0.25) is 0 Å². The number of hydrogen-bond acceptors (Lipinski definition) is 3. The zero-order valence-electron chi connectivity index (χ0n) is 8.34. The Bertz CT molecular complexity index is 349. The van der Waals surface area contributed by atoms with Crippen LogP contribution in [0, 0.1) is 0 Å². The van der Waals surface area contributed by atoms with E-state index in [1.54, 1.807) is 12.4 Å². The summed E-state index contributed by atoms with van der Waals surface area (Å²) in [5.74, 6) is 0. The molecule has 15 heavy (non-hydrogen) atoms. The quantitative estimate of drug-likeness (QED) is 0.758. The van der Waals surface area contributed by atoms with E-state index < -0.39 is 0 Å². The van der Waals surface area contributed by atoms with Gasteiger partial charge in [0.15, 0.2) is 0 Å². The number of aromatic nitrogens is 2. The van der Waals surface area contributed by atoms with Crippen LogP contribution in [0.4, 0.5) is 0 Å². The van der Waals surface area contributed by atoms with E-state index in [0.29, 0.717) is 13.2 Å². The first kappa shape index (κ1) is 9.80. The van der Waals surface area contributed by atoms with Crippen molar-refractivity contribution in [2.75, 3.05) is 0 Å². The maximum atomic E-state index is 5.48. The molecule has 76 valence electrons. The average molecular weight is 200 g/mol. The molecule has 0 spiro atoms. The molecule has 0 amide bonds. The van der Waals surface area contributed by atoms with E-state index in [0.717, 1.165) is 11.4 Å². The first-order valence-corrected chi connectivity index (χ1v) is 4.83. The van der Waals surface area contributed by atoms with Gasteiger partial charge in [-0.15, -0.1) is 0 Å². The molecule has 0 aliphatic rings. The summed E-state index contributed by atoms with van der Waals surface area (Å²) in [6, 6.07) is 11.6. The minimum absolute atomic E-state index is 0.525. The van der Waals surface area contributed by atoms with Gasteiger partial charge in [-0.2, -0.15) is 0 Å². The third kappa shape index (κ3) is 3.14. The van der Waals surface area contributed by atoms with Gasteiger partial charge in [-0.05, 0) is 24.3 Å². The second-order valence-electron chi connectivity index (χ2n) is 3.13. The smallest absolute Gasteiger partial charge is 0.0893 e. The number of nitrogens with zero attached hydrogens (tertiary/aromatic N) is 2. The highest BCUT2D eigenvalue weighted by Gasteiger charge is 1.95. The van der Waals surface area contributed by atoms with Crippen LogP contribution in [0.1, 0.15) is 11.4 Å². The summed E-state index contributed by atoms with van der Waals surface area (Å²) in [7, 11) is 0. The van der Waals surface area contributed by atoms with Gasteiger partial charge in [0.05, 0.1) is 24.6 Å². The van der Waals surface area contributed by atoms with E-state index in [1.807, 2.05) is 36.4 Å². The van der Waals surface area contributed by atoms with Gasteiger partial charge in [0.25, 0.3) is 0 Å². The lowest BCUT2D eigenvalue weighted by Gasteiger charge is -2.02. The molecule has 0 fully saturated rings. The van der Waals surface area contributed by atoms with Crippen LogP contribution >= 0.6 is 0 Å². The molecule has 0 radical (unpaired) electrons. The number of ether oxygens (including phenoxy) is 1. The molecule has 2 aromatic heterocycles. The standard InChI is InChI=1S/C12H12N2O/c1-3-7-13-11(5-1)9-15-10-12-6-2-4-8-14-12/h1-8H,9-10H2. The molecular formula is C12H12N2O. The van der Waals surface area contributed by atoms with Crippen molar-refractivity contribution in [3.05, 3.63) is 60.2 Å². The van der Waals surface area contributed by atoms with Crippen molar-refractivity contribution < 1.29 is 4.74 Å². The molecule has 2 aromatic rings. The van der Waals surface area contributed by atoms with Crippen LogP contribution in [0.3, 0.4) is 0 Å². The molecule has 2 heterocycles. The van der Waals surface area contributed by atoms with E-state index in [9.17, 15) is 0 Å². The fourth-order valence-corrected chi connectivity index (χ4v) is 1.23. The van der Waals surface area contributed by atoms with Gasteiger partial charge in [-0.25, -0.2) is 0 Å². The predicted molar refractivity (Wildman–Crippen MR) is 57.0 cm³/mol. The zero-order valence-corrected chi connectivity index (χ0v) is 8.34. The van der Waals surface area contributed by atoms with Crippen molar-refractivity contribution in [3.63, 3.8) is 0 Å². The highest BCUT2D eigenvalue weighted by atomic mass is 16.5. The second kappa shape index (κ2) is 5.22. The normalized spacial score (nSPS) is 10.1. The first-order valence-electron chi connectivity index (χ1n) is 4.83. The highest BCUT2D eigenvalue weighted by Crippen LogP contribution is 2.00. The van der Waals surface area contributed by atoms with Crippen molar-refractivity contribution in [3.8, 4) is 0 Å². The maximum absolute atomic E-state index is 5.48. The Morgan fingerprint density at radius 1 is 0.800 bits per heavy atom. The Hall–Kier alpha value is -1.74. The van der Waals surface area contributed by atoms with Crippen molar-refractivity contribution in [2.45, 2.75) is 13.2 Å². The lowest BCUT2D eigenvalue weighted by Crippen LogP contribution is -1.97. The summed E-state index contributed by atoms with van der Waals surface area (Å²) in [4.78, 5) is 8.33. The fourth-order valence-electron chi connectivity index (χ4n) is 1.23. The molecule has 0 saturated carbocycles. The van der Waals surface area contributed by atoms with Crippen LogP contribution in [0.25, 0.3) is 0 Å². The molecule has 0 atom stereocenters. The van der Waals surface area contributed by atoms with Crippen molar-refractivity contribution in [1.82, 2.24) is 9.97 Å². The van der Waals surface area contributed by atoms with Crippen LogP contribution in [-0.4, -0.2) is 9.97 Å².